The van der Waals surface area contributed by atoms with Gasteiger partial charge < -0.3 is 10.5 Å². The van der Waals surface area contributed by atoms with E-state index in [0.29, 0.717) is 5.92 Å². The van der Waals surface area contributed by atoms with Crippen molar-refractivity contribution in [1.29, 1.82) is 0 Å². The van der Waals surface area contributed by atoms with Crippen LogP contribution >= 0.6 is 24.0 Å². The third-order valence-corrected chi connectivity index (χ3v) is 4.41. The van der Waals surface area contributed by atoms with Crippen LogP contribution in [0.4, 0.5) is 0 Å². The van der Waals surface area contributed by atoms with Gasteiger partial charge in [0.25, 0.3) is 0 Å². The van der Waals surface area contributed by atoms with Gasteiger partial charge in [0.05, 0.1) is 6.61 Å². The van der Waals surface area contributed by atoms with Gasteiger partial charge in [-0.05, 0) is 61.8 Å². The van der Waals surface area contributed by atoms with Crippen LogP contribution in [0.3, 0.4) is 0 Å². The van der Waals surface area contributed by atoms with Gasteiger partial charge in [-0.15, -0.1) is 12.4 Å². The summed E-state index contributed by atoms with van der Waals surface area (Å²) in [5.41, 5.74) is 8.49. The molecule has 0 spiro atoms. The fourth-order valence-electron chi connectivity index (χ4n) is 3.27. The molecule has 4 heteroatoms. The molecule has 0 aromatic heterocycles. The Hall–Kier alpha value is -0.440. The van der Waals surface area contributed by atoms with Crippen molar-refractivity contribution in [3.8, 4) is 5.75 Å². The minimum atomic E-state index is 0. The van der Waals surface area contributed by atoms with Crippen LogP contribution in [-0.2, 0) is 6.42 Å². The van der Waals surface area contributed by atoms with E-state index in [1.54, 1.807) is 0 Å². The maximum Gasteiger partial charge on any atom is 0.126 e. The molecule has 1 aliphatic carbocycles. The molecular formula is C18H29Cl2NO. The molecule has 1 aliphatic rings. The second-order valence-corrected chi connectivity index (χ2v) is 6.78. The quantitative estimate of drug-likeness (QED) is 0.739. The molecule has 2 nitrogen and oxygen atoms in total. The normalized spacial score (nSPS) is 16.9. The van der Waals surface area contributed by atoms with Crippen LogP contribution in [0, 0.1) is 0 Å². The van der Waals surface area contributed by atoms with E-state index in [9.17, 15) is 0 Å². The molecule has 0 saturated heterocycles. The first-order valence-electron chi connectivity index (χ1n) is 8.32. The lowest BCUT2D eigenvalue weighted by atomic mass is 9.82. The van der Waals surface area contributed by atoms with E-state index in [1.165, 1.54) is 43.2 Å². The first-order valence-corrected chi connectivity index (χ1v) is 8.70. The van der Waals surface area contributed by atoms with Crippen LogP contribution < -0.4 is 10.5 Å². The zero-order valence-corrected chi connectivity index (χ0v) is 15.3. The monoisotopic (exact) mass is 345 g/mol. The maximum absolute atomic E-state index is 6.36. The molecule has 1 atom stereocenters. The topological polar surface area (TPSA) is 35.2 Å². The summed E-state index contributed by atoms with van der Waals surface area (Å²) in [5.74, 6) is 1.65. The summed E-state index contributed by atoms with van der Waals surface area (Å²) in [4.78, 5) is 0. The fraction of sp³-hybridized carbons (Fsp3) is 0.667. The first kappa shape index (κ1) is 19.6. The van der Waals surface area contributed by atoms with E-state index in [1.807, 2.05) is 13.0 Å². The Balaban J connectivity index is 0.00000242. The van der Waals surface area contributed by atoms with Gasteiger partial charge in [-0.3, -0.25) is 0 Å². The van der Waals surface area contributed by atoms with E-state index in [2.05, 4.69) is 13.0 Å². The molecule has 1 unspecified atom stereocenters. The number of benzene rings is 1. The average molecular weight is 346 g/mol. The van der Waals surface area contributed by atoms with Crippen LogP contribution in [0.2, 0.25) is 5.02 Å². The van der Waals surface area contributed by atoms with Crippen LogP contribution in [0.25, 0.3) is 0 Å². The Morgan fingerprint density at radius 3 is 2.55 bits per heavy atom. The maximum atomic E-state index is 6.36. The van der Waals surface area contributed by atoms with Crippen molar-refractivity contribution in [3.05, 3.63) is 28.3 Å². The van der Waals surface area contributed by atoms with E-state index < -0.39 is 0 Å². The molecule has 1 aromatic carbocycles. The van der Waals surface area contributed by atoms with Crippen molar-refractivity contribution in [3.63, 3.8) is 0 Å². The lowest BCUT2D eigenvalue weighted by molar-refractivity contribution is 0.304. The van der Waals surface area contributed by atoms with Gasteiger partial charge in [0, 0.05) is 11.1 Å². The number of nitrogens with two attached hydrogens (primary N) is 1. The molecule has 126 valence electrons. The fourth-order valence-corrected chi connectivity index (χ4v) is 3.52. The van der Waals surface area contributed by atoms with Crippen molar-refractivity contribution in [2.75, 3.05) is 6.61 Å². The summed E-state index contributed by atoms with van der Waals surface area (Å²) in [6.45, 7) is 4.93. The van der Waals surface area contributed by atoms with Gasteiger partial charge in [0.2, 0.25) is 0 Å². The minimum Gasteiger partial charge on any atom is -0.493 e. The van der Waals surface area contributed by atoms with E-state index in [0.717, 1.165) is 30.2 Å². The highest BCUT2D eigenvalue weighted by Gasteiger charge is 2.22. The van der Waals surface area contributed by atoms with Crippen LogP contribution in [0.15, 0.2) is 12.1 Å². The van der Waals surface area contributed by atoms with Crippen molar-refractivity contribution in [2.45, 2.75) is 70.8 Å². The summed E-state index contributed by atoms with van der Waals surface area (Å²) >= 11 is 6.36. The summed E-state index contributed by atoms with van der Waals surface area (Å²) in [6.07, 6.45) is 8.32. The predicted octanol–water partition coefficient (Wildman–Crippen LogP) is 5.49. The molecule has 0 bridgehead atoms. The zero-order chi connectivity index (χ0) is 15.2. The summed E-state index contributed by atoms with van der Waals surface area (Å²) in [7, 11) is 0. The molecule has 2 N–H and O–H groups in total. The van der Waals surface area contributed by atoms with Gasteiger partial charge in [-0.25, -0.2) is 0 Å². The molecule has 1 saturated carbocycles. The number of rotatable bonds is 6. The van der Waals surface area contributed by atoms with Crippen molar-refractivity contribution in [2.24, 2.45) is 5.73 Å². The van der Waals surface area contributed by atoms with E-state index in [4.69, 9.17) is 22.1 Å². The van der Waals surface area contributed by atoms with Gasteiger partial charge in [-0.2, -0.15) is 0 Å². The standard InChI is InChI=1S/C18H28ClNO.ClH/c1-3-9-21-18-15(10-13(2)20)11-16(19)12-17(18)14-7-5-4-6-8-14;/h11-14H,3-10,20H2,1-2H3;1H. The summed E-state index contributed by atoms with van der Waals surface area (Å²) in [6, 6.07) is 4.27. The van der Waals surface area contributed by atoms with Gasteiger partial charge >= 0.3 is 0 Å². The molecule has 0 amide bonds. The van der Waals surface area contributed by atoms with E-state index >= 15 is 0 Å². The molecule has 2 rings (SSSR count). The molecule has 22 heavy (non-hydrogen) atoms. The Kier molecular flexibility index (Phi) is 8.59. The third kappa shape index (κ3) is 5.33. The zero-order valence-electron chi connectivity index (χ0n) is 13.7. The average Bonchev–Trinajstić information content (AvgIpc) is 2.46. The minimum absolute atomic E-state index is 0. The third-order valence-electron chi connectivity index (χ3n) is 4.20. The highest BCUT2D eigenvalue weighted by atomic mass is 35.5. The molecular weight excluding hydrogens is 317 g/mol. The number of hydrogen-bond acceptors (Lipinski definition) is 2. The second kappa shape index (κ2) is 9.64. The first-order chi connectivity index (χ1) is 10.1. The Bertz CT molecular complexity index is 457. The lowest BCUT2D eigenvalue weighted by Gasteiger charge is -2.26. The Labute approximate surface area is 146 Å². The predicted molar refractivity (Wildman–Crippen MR) is 97.7 cm³/mol. The van der Waals surface area contributed by atoms with Crippen molar-refractivity contribution < 1.29 is 4.74 Å². The lowest BCUT2D eigenvalue weighted by Crippen LogP contribution is -2.19. The van der Waals surface area contributed by atoms with Crippen molar-refractivity contribution in [1.82, 2.24) is 0 Å². The molecule has 1 fully saturated rings. The molecule has 1 aromatic rings. The van der Waals surface area contributed by atoms with Crippen molar-refractivity contribution >= 4 is 24.0 Å². The molecule has 0 heterocycles. The number of ether oxygens (including phenoxy) is 1. The van der Waals surface area contributed by atoms with Crippen LogP contribution in [-0.4, -0.2) is 12.6 Å². The molecule has 0 aliphatic heterocycles. The number of halogens is 2. The van der Waals surface area contributed by atoms with Gasteiger partial charge in [-0.1, -0.05) is 37.8 Å². The Morgan fingerprint density at radius 1 is 1.27 bits per heavy atom. The van der Waals surface area contributed by atoms with Crippen LogP contribution in [0.5, 0.6) is 5.75 Å². The summed E-state index contributed by atoms with van der Waals surface area (Å²) in [5, 5.41) is 0.815. The van der Waals surface area contributed by atoms with Gasteiger partial charge in [0.1, 0.15) is 5.75 Å². The summed E-state index contributed by atoms with van der Waals surface area (Å²) < 4.78 is 6.11. The Morgan fingerprint density at radius 2 is 1.95 bits per heavy atom. The molecule has 0 radical (unpaired) electrons. The van der Waals surface area contributed by atoms with Gasteiger partial charge in [0.15, 0.2) is 0 Å². The van der Waals surface area contributed by atoms with Crippen LogP contribution in [0.1, 0.15) is 69.4 Å². The number of hydrogen-bond donors (Lipinski definition) is 1. The highest BCUT2D eigenvalue weighted by Crippen LogP contribution is 2.41. The van der Waals surface area contributed by atoms with E-state index in [-0.39, 0.29) is 18.4 Å². The second-order valence-electron chi connectivity index (χ2n) is 6.35. The SMILES string of the molecule is CCCOc1c(CC(C)N)cc(Cl)cc1C1CCCCC1.Cl. The smallest absolute Gasteiger partial charge is 0.126 e. The largest absolute Gasteiger partial charge is 0.493 e. The highest BCUT2D eigenvalue weighted by molar-refractivity contribution is 6.30.